The zero-order valence-electron chi connectivity index (χ0n) is 16.5. The summed E-state index contributed by atoms with van der Waals surface area (Å²) in [5.41, 5.74) is 4.81. The van der Waals surface area contributed by atoms with Crippen LogP contribution >= 0.6 is 0 Å². The number of anilines is 3. The topological polar surface area (TPSA) is 88.0 Å². The molecule has 150 valence electrons. The number of rotatable bonds is 6. The molecule has 0 unspecified atom stereocenters. The standard InChI is InChI=1S/C21H25N7O/c1-16-13-18(7-10-20(16)28-15-23-25-26-28)22-14-21(29)24-17-5-8-19(9-6-17)27-11-3-2-4-12-27/h5-10,13,15,22H,2-4,11-12,14H2,1H3,(H,24,29). The SMILES string of the molecule is Cc1cc(NCC(=O)Nc2ccc(N3CCCCC3)cc2)ccc1-n1cnnn1. The van der Waals surface area contributed by atoms with Gasteiger partial charge in [-0.15, -0.1) is 5.10 Å². The molecule has 0 atom stereocenters. The summed E-state index contributed by atoms with van der Waals surface area (Å²) in [4.78, 5) is 14.7. The number of amides is 1. The number of benzene rings is 2. The molecule has 2 aromatic carbocycles. The Morgan fingerprint density at radius 1 is 1.03 bits per heavy atom. The van der Waals surface area contributed by atoms with Gasteiger partial charge in [-0.3, -0.25) is 4.79 Å². The number of carbonyl (C=O) groups excluding carboxylic acids is 1. The molecule has 1 saturated heterocycles. The lowest BCUT2D eigenvalue weighted by Gasteiger charge is -2.28. The predicted octanol–water partition coefficient (Wildman–Crippen LogP) is 3.01. The van der Waals surface area contributed by atoms with Gasteiger partial charge in [0.25, 0.3) is 0 Å². The number of nitrogens with one attached hydrogen (secondary N) is 2. The lowest BCUT2D eigenvalue weighted by Crippen LogP contribution is -2.29. The van der Waals surface area contributed by atoms with Gasteiger partial charge < -0.3 is 15.5 Å². The largest absolute Gasteiger partial charge is 0.376 e. The number of nitrogens with zero attached hydrogens (tertiary/aromatic N) is 5. The molecule has 2 heterocycles. The van der Waals surface area contributed by atoms with E-state index in [1.165, 1.54) is 24.9 Å². The van der Waals surface area contributed by atoms with Gasteiger partial charge in [0.15, 0.2) is 0 Å². The molecule has 1 fully saturated rings. The average molecular weight is 391 g/mol. The Balaban J connectivity index is 1.30. The lowest BCUT2D eigenvalue weighted by atomic mass is 10.1. The minimum absolute atomic E-state index is 0.0853. The number of tetrazole rings is 1. The molecular formula is C21H25N7O. The van der Waals surface area contributed by atoms with Crippen molar-refractivity contribution in [1.82, 2.24) is 20.2 Å². The molecule has 1 aliphatic heterocycles. The summed E-state index contributed by atoms with van der Waals surface area (Å²) in [6.07, 6.45) is 5.37. The van der Waals surface area contributed by atoms with Crippen molar-refractivity contribution < 1.29 is 4.79 Å². The van der Waals surface area contributed by atoms with Crippen LogP contribution in [0.3, 0.4) is 0 Å². The number of aryl methyl sites for hydroxylation is 1. The molecular weight excluding hydrogens is 366 g/mol. The zero-order chi connectivity index (χ0) is 20.1. The van der Waals surface area contributed by atoms with E-state index in [1.807, 2.05) is 37.3 Å². The van der Waals surface area contributed by atoms with Crippen LogP contribution in [0.1, 0.15) is 24.8 Å². The van der Waals surface area contributed by atoms with Crippen molar-refractivity contribution in [1.29, 1.82) is 0 Å². The fourth-order valence-electron chi connectivity index (χ4n) is 3.59. The van der Waals surface area contributed by atoms with Crippen LogP contribution in [0.25, 0.3) is 5.69 Å². The lowest BCUT2D eigenvalue weighted by molar-refractivity contribution is -0.114. The van der Waals surface area contributed by atoms with Crippen molar-refractivity contribution >= 4 is 23.0 Å². The van der Waals surface area contributed by atoms with E-state index in [2.05, 4.69) is 43.2 Å². The molecule has 1 amide bonds. The van der Waals surface area contributed by atoms with E-state index in [4.69, 9.17) is 0 Å². The first kappa shape index (κ1) is 18.9. The second-order valence-corrected chi connectivity index (χ2v) is 7.25. The van der Waals surface area contributed by atoms with Gasteiger partial charge in [-0.2, -0.15) is 0 Å². The first-order valence-corrected chi connectivity index (χ1v) is 9.92. The summed E-state index contributed by atoms with van der Waals surface area (Å²) in [7, 11) is 0. The molecule has 8 heteroatoms. The molecule has 8 nitrogen and oxygen atoms in total. The summed E-state index contributed by atoms with van der Waals surface area (Å²) in [6, 6.07) is 13.9. The number of aromatic nitrogens is 4. The highest BCUT2D eigenvalue weighted by molar-refractivity contribution is 5.93. The first-order valence-electron chi connectivity index (χ1n) is 9.92. The summed E-state index contributed by atoms with van der Waals surface area (Å²) in [5.74, 6) is -0.0853. The molecule has 3 aromatic rings. The third-order valence-corrected chi connectivity index (χ3v) is 5.12. The fraction of sp³-hybridized carbons (Fsp3) is 0.333. The Morgan fingerprint density at radius 3 is 2.48 bits per heavy atom. The molecule has 4 rings (SSSR count). The zero-order valence-corrected chi connectivity index (χ0v) is 16.5. The number of hydrogen-bond acceptors (Lipinski definition) is 6. The predicted molar refractivity (Wildman–Crippen MR) is 114 cm³/mol. The molecule has 0 bridgehead atoms. The molecule has 0 aliphatic carbocycles. The first-order chi connectivity index (χ1) is 14.2. The maximum Gasteiger partial charge on any atom is 0.243 e. The van der Waals surface area contributed by atoms with Crippen molar-refractivity contribution in [3.8, 4) is 5.69 Å². The molecule has 0 spiro atoms. The molecule has 1 aliphatic rings. The van der Waals surface area contributed by atoms with E-state index in [0.29, 0.717) is 0 Å². The highest BCUT2D eigenvalue weighted by Crippen LogP contribution is 2.22. The third-order valence-electron chi connectivity index (χ3n) is 5.12. The number of hydrogen-bond donors (Lipinski definition) is 2. The van der Waals surface area contributed by atoms with E-state index >= 15 is 0 Å². The van der Waals surface area contributed by atoms with E-state index in [-0.39, 0.29) is 12.5 Å². The third kappa shape index (κ3) is 4.71. The van der Waals surface area contributed by atoms with Gasteiger partial charge in [0.2, 0.25) is 5.91 Å². The molecule has 29 heavy (non-hydrogen) atoms. The molecule has 0 saturated carbocycles. The molecule has 2 N–H and O–H groups in total. The Morgan fingerprint density at radius 2 is 1.79 bits per heavy atom. The van der Waals surface area contributed by atoms with Crippen LogP contribution in [0.15, 0.2) is 48.8 Å². The minimum Gasteiger partial charge on any atom is -0.376 e. The van der Waals surface area contributed by atoms with Crippen LogP contribution < -0.4 is 15.5 Å². The van der Waals surface area contributed by atoms with Gasteiger partial charge >= 0.3 is 0 Å². The van der Waals surface area contributed by atoms with Gasteiger partial charge in [0.05, 0.1) is 12.2 Å². The van der Waals surface area contributed by atoms with Crippen LogP contribution in [-0.4, -0.2) is 45.7 Å². The van der Waals surface area contributed by atoms with Crippen molar-refractivity contribution in [2.75, 3.05) is 35.2 Å². The van der Waals surface area contributed by atoms with E-state index in [1.54, 1.807) is 11.0 Å². The van der Waals surface area contributed by atoms with Gasteiger partial charge in [-0.25, -0.2) is 4.68 Å². The Hall–Kier alpha value is -3.42. The van der Waals surface area contributed by atoms with Gasteiger partial charge in [-0.05, 0) is 84.6 Å². The van der Waals surface area contributed by atoms with Crippen molar-refractivity contribution in [3.63, 3.8) is 0 Å². The summed E-state index contributed by atoms with van der Waals surface area (Å²) < 4.78 is 1.61. The summed E-state index contributed by atoms with van der Waals surface area (Å²) in [6.45, 7) is 4.40. The van der Waals surface area contributed by atoms with Crippen molar-refractivity contribution in [2.24, 2.45) is 0 Å². The maximum atomic E-state index is 12.3. The van der Waals surface area contributed by atoms with Crippen molar-refractivity contribution in [3.05, 3.63) is 54.4 Å². The van der Waals surface area contributed by atoms with E-state index < -0.39 is 0 Å². The van der Waals surface area contributed by atoms with Gasteiger partial charge in [0, 0.05) is 30.2 Å². The highest BCUT2D eigenvalue weighted by atomic mass is 16.1. The average Bonchev–Trinajstić information content (AvgIpc) is 3.28. The Kier molecular flexibility index (Phi) is 5.69. The van der Waals surface area contributed by atoms with E-state index in [0.717, 1.165) is 35.7 Å². The van der Waals surface area contributed by atoms with Crippen LogP contribution in [-0.2, 0) is 4.79 Å². The second-order valence-electron chi connectivity index (χ2n) is 7.25. The van der Waals surface area contributed by atoms with Crippen molar-refractivity contribution in [2.45, 2.75) is 26.2 Å². The fourth-order valence-corrected chi connectivity index (χ4v) is 3.59. The summed E-state index contributed by atoms with van der Waals surface area (Å²) in [5, 5.41) is 17.3. The van der Waals surface area contributed by atoms with Gasteiger partial charge in [0.1, 0.15) is 6.33 Å². The normalized spacial score (nSPS) is 13.9. The van der Waals surface area contributed by atoms with Crippen LogP contribution in [0.5, 0.6) is 0 Å². The number of piperidine rings is 1. The van der Waals surface area contributed by atoms with Gasteiger partial charge in [-0.1, -0.05) is 0 Å². The molecule has 1 aromatic heterocycles. The van der Waals surface area contributed by atoms with E-state index in [9.17, 15) is 4.79 Å². The van der Waals surface area contributed by atoms with Crippen LogP contribution in [0.2, 0.25) is 0 Å². The van der Waals surface area contributed by atoms with Crippen LogP contribution in [0.4, 0.5) is 17.1 Å². The Bertz CT molecular complexity index is 948. The number of carbonyl (C=O) groups is 1. The minimum atomic E-state index is -0.0853. The maximum absolute atomic E-state index is 12.3. The summed E-state index contributed by atoms with van der Waals surface area (Å²) >= 11 is 0. The second kappa shape index (κ2) is 8.72. The van der Waals surface area contributed by atoms with Crippen LogP contribution in [0, 0.1) is 6.92 Å². The molecule has 0 radical (unpaired) electrons. The monoisotopic (exact) mass is 391 g/mol. The Labute approximate surface area is 169 Å². The smallest absolute Gasteiger partial charge is 0.243 e. The quantitative estimate of drug-likeness (QED) is 0.672. The highest BCUT2D eigenvalue weighted by Gasteiger charge is 2.11.